The van der Waals surface area contributed by atoms with E-state index in [9.17, 15) is 0 Å². The average molecular weight is 331 g/mol. The van der Waals surface area contributed by atoms with E-state index in [4.69, 9.17) is 9.72 Å². The fraction of sp³-hybridized carbons (Fsp3) is 0.500. The molecule has 0 amide bonds. The van der Waals surface area contributed by atoms with Gasteiger partial charge in [-0.3, -0.25) is 4.90 Å². The summed E-state index contributed by atoms with van der Waals surface area (Å²) in [6.45, 7) is 9.07. The van der Waals surface area contributed by atoms with Crippen LogP contribution in [0.1, 0.15) is 17.7 Å². The topological polar surface area (TPSA) is 37.4 Å². The number of hydrogen-bond acceptors (Lipinski definition) is 5. The molecule has 0 spiro atoms. The molecule has 0 atom stereocenters. The van der Waals surface area contributed by atoms with Gasteiger partial charge < -0.3 is 10.1 Å². The summed E-state index contributed by atoms with van der Waals surface area (Å²) < 4.78 is 5.37. The summed E-state index contributed by atoms with van der Waals surface area (Å²) >= 11 is 1.72. The van der Waals surface area contributed by atoms with Crippen LogP contribution in [0.5, 0.6) is 0 Å². The lowest BCUT2D eigenvalue weighted by Gasteiger charge is -2.26. The van der Waals surface area contributed by atoms with E-state index in [1.165, 1.54) is 17.5 Å². The second-order valence-electron chi connectivity index (χ2n) is 5.99. The standard InChI is InChI=1S/C18H25N3OS/c1-15-3-5-16(6-4-15)18-20-17(14-23-18)13-19-7-2-8-21-9-11-22-12-10-21/h3-6,14,19H,2,7-13H2,1H3. The monoisotopic (exact) mass is 331 g/mol. The van der Waals surface area contributed by atoms with Gasteiger partial charge in [0.1, 0.15) is 5.01 Å². The van der Waals surface area contributed by atoms with E-state index in [0.29, 0.717) is 0 Å². The number of benzene rings is 1. The number of ether oxygens (including phenoxy) is 1. The molecule has 1 aliphatic heterocycles. The van der Waals surface area contributed by atoms with Crippen LogP contribution in [0.3, 0.4) is 0 Å². The summed E-state index contributed by atoms with van der Waals surface area (Å²) in [5.74, 6) is 0. The number of morpholine rings is 1. The fourth-order valence-corrected chi connectivity index (χ4v) is 3.51. The number of nitrogens with one attached hydrogen (secondary N) is 1. The van der Waals surface area contributed by atoms with E-state index >= 15 is 0 Å². The fourth-order valence-electron chi connectivity index (χ4n) is 2.69. The Bertz CT molecular complexity index is 591. The van der Waals surface area contributed by atoms with Crippen molar-refractivity contribution in [1.82, 2.24) is 15.2 Å². The van der Waals surface area contributed by atoms with Crippen LogP contribution in [-0.2, 0) is 11.3 Å². The van der Waals surface area contributed by atoms with E-state index in [0.717, 1.165) is 56.6 Å². The Kier molecular flexibility index (Phi) is 6.16. The Morgan fingerprint density at radius 3 is 2.78 bits per heavy atom. The molecular formula is C18H25N3OS. The zero-order valence-electron chi connectivity index (χ0n) is 13.8. The Hall–Kier alpha value is -1.27. The molecule has 1 saturated heterocycles. The van der Waals surface area contributed by atoms with Crippen molar-refractivity contribution in [3.8, 4) is 10.6 Å². The molecule has 1 aromatic carbocycles. The van der Waals surface area contributed by atoms with Gasteiger partial charge in [-0.05, 0) is 26.4 Å². The van der Waals surface area contributed by atoms with E-state index in [1.54, 1.807) is 11.3 Å². The van der Waals surface area contributed by atoms with Gasteiger partial charge in [-0.1, -0.05) is 29.8 Å². The lowest BCUT2D eigenvalue weighted by atomic mass is 10.2. The molecule has 5 heteroatoms. The van der Waals surface area contributed by atoms with Crippen LogP contribution in [0, 0.1) is 6.92 Å². The van der Waals surface area contributed by atoms with Crippen LogP contribution >= 0.6 is 11.3 Å². The minimum atomic E-state index is 0.853. The van der Waals surface area contributed by atoms with Crippen molar-refractivity contribution in [3.63, 3.8) is 0 Å². The number of aryl methyl sites for hydroxylation is 1. The summed E-state index contributed by atoms with van der Waals surface area (Å²) in [6, 6.07) is 8.57. The first kappa shape index (κ1) is 16.6. The SMILES string of the molecule is Cc1ccc(-c2nc(CNCCCN3CCOCC3)cs2)cc1. The van der Waals surface area contributed by atoms with Crippen LogP contribution in [0.15, 0.2) is 29.6 Å². The van der Waals surface area contributed by atoms with Gasteiger partial charge in [0, 0.05) is 30.6 Å². The van der Waals surface area contributed by atoms with Gasteiger partial charge in [-0.15, -0.1) is 11.3 Å². The molecule has 4 nitrogen and oxygen atoms in total. The Labute approximate surface area is 142 Å². The van der Waals surface area contributed by atoms with Gasteiger partial charge in [0.15, 0.2) is 0 Å². The Balaban J connectivity index is 1.38. The van der Waals surface area contributed by atoms with Crippen LogP contribution in [-0.4, -0.2) is 49.3 Å². The van der Waals surface area contributed by atoms with Crippen LogP contribution in [0.4, 0.5) is 0 Å². The molecule has 23 heavy (non-hydrogen) atoms. The van der Waals surface area contributed by atoms with Crippen molar-refractivity contribution >= 4 is 11.3 Å². The van der Waals surface area contributed by atoms with Gasteiger partial charge in [-0.25, -0.2) is 4.98 Å². The Morgan fingerprint density at radius 2 is 2.00 bits per heavy atom. The maximum absolute atomic E-state index is 5.37. The van der Waals surface area contributed by atoms with Gasteiger partial charge in [-0.2, -0.15) is 0 Å². The zero-order valence-corrected chi connectivity index (χ0v) is 14.6. The molecule has 1 aliphatic rings. The van der Waals surface area contributed by atoms with Crippen molar-refractivity contribution in [3.05, 3.63) is 40.9 Å². The van der Waals surface area contributed by atoms with Crippen molar-refractivity contribution in [2.75, 3.05) is 39.4 Å². The number of aromatic nitrogens is 1. The number of rotatable bonds is 7. The normalized spacial score (nSPS) is 15.9. The third kappa shape index (κ3) is 5.11. The number of thiazole rings is 1. The minimum Gasteiger partial charge on any atom is -0.379 e. The molecule has 2 aromatic rings. The minimum absolute atomic E-state index is 0.853. The maximum atomic E-state index is 5.37. The van der Waals surface area contributed by atoms with Crippen LogP contribution < -0.4 is 5.32 Å². The average Bonchev–Trinajstić information content (AvgIpc) is 3.05. The Morgan fingerprint density at radius 1 is 1.22 bits per heavy atom. The molecule has 2 heterocycles. The number of nitrogens with zero attached hydrogens (tertiary/aromatic N) is 2. The molecule has 1 fully saturated rings. The highest BCUT2D eigenvalue weighted by Gasteiger charge is 2.09. The first-order chi connectivity index (χ1) is 11.3. The summed E-state index contributed by atoms with van der Waals surface area (Å²) in [6.07, 6.45) is 1.18. The van der Waals surface area contributed by atoms with Crippen molar-refractivity contribution in [2.24, 2.45) is 0 Å². The van der Waals surface area contributed by atoms with E-state index < -0.39 is 0 Å². The predicted molar refractivity (Wildman–Crippen MR) is 95.9 cm³/mol. The summed E-state index contributed by atoms with van der Waals surface area (Å²) in [4.78, 5) is 7.20. The zero-order chi connectivity index (χ0) is 15.9. The smallest absolute Gasteiger partial charge is 0.123 e. The molecule has 1 N–H and O–H groups in total. The van der Waals surface area contributed by atoms with Gasteiger partial charge in [0.05, 0.1) is 18.9 Å². The van der Waals surface area contributed by atoms with Gasteiger partial charge in [0.25, 0.3) is 0 Å². The van der Waals surface area contributed by atoms with Crippen LogP contribution in [0.2, 0.25) is 0 Å². The highest BCUT2D eigenvalue weighted by atomic mass is 32.1. The highest BCUT2D eigenvalue weighted by molar-refractivity contribution is 7.13. The van der Waals surface area contributed by atoms with Crippen molar-refractivity contribution in [1.29, 1.82) is 0 Å². The third-order valence-corrected chi connectivity index (χ3v) is 5.03. The quantitative estimate of drug-likeness (QED) is 0.792. The summed E-state index contributed by atoms with van der Waals surface area (Å²) in [7, 11) is 0. The molecule has 1 aromatic heterocycles. The number of hydrogen-bond donors (Lipinski definition) is 1. The van der Waals surface area contributed by atoms with E-state index in [-0.39, 0.29) is 0 Å². The molecule has 0 bridgehead atoms. The van der Waals surface area contributed by atoms with Gasteiger partial charge >= 0.3 is 0 Å². The summed E-state index contributed by atoms with van der Waals surface area (Å²) in [5.41, 5.74) is 3.63. The predicted octanol–water partition coefficient (Wildman–Crippen LogP) is 2.93. The maximum Gasteiger partial charge on any atom is 0.123 e. The molecule has 0 saturated carbocycles. The van der Waals surface area contributed by atoms with Crippen LogP contribution in [0.25, 0.3) is 10.6 Å². The first-order valence-corrected chi connectivity index (χ1v) is 9.21. The third-order valence-electron chi connectivity index (χ3n) is 4.09. The lowest BCUT2D eigenvalue weighted by Crippen LogP contribution is -2.37. The molecule has 3 rings (SSSR count). The lowest BCUT2D eigenvalue weighted by molar-refractivity contribution is 0.0374. The van der Waals surface area contributed by atoms with Crippen molar-refractivity contribution in [2.45, 2.75) is 19.9 Å². The second-order valence-corrected chi connectivity index (χ2v) is 6.85. The van der Waals surface area contributed by atoms with Crippen molar-refractivity contribution < 1.29 is 4.74 Å². The molecule has 0 unspecified atom stereocenters. The van der Waals surface area contributed by atoms with E-state index in [2.05, 4.69) is 46.8 Å². The summed E-state index contributed by atoms with van der Waals surface area (Å²) in [5, 5.41) is 6.76. The van der Waals surface area contributed by atoms with E-state index in [1.807, 2.05) is 0 Å². The highest BCUT2D eigenvalue weighted by Crippen LogP contribution is 2.23. The molecule has 124 valence electrons. The van der Waals surface area contributed by atoms with Gasteiger partial charge in [0.2, 0.25) is 0 Å². The molecular weight excluding hydrogens is 306 g/mol. The molecule has 0 aliphatic carbocycles. The largest absolute Gasteiger partial charge is 0.379 e. The first-order valence-electron chi connectivity index (χ1n) is 8.33. The second kappa shape index (κ2) is 8.55. The molecule has 0 radical (unpaired) electrons.